The smallest absolute Gasteiger partial charge is 0.165 e. The van der Waals surface area contributed by atoms with Crippen molar-refractivity contribution in [2.45, 2.75) is 82.9 Å². The maximum Gasteiger partial charge on any atom is 0.165 e. The standard InChI is InChI=1S/C25H38O8/c1-23-6-5-15-22(33-15)20(23)19(14(29)9-26)21(32)18-12(23)3-7-24(2)13(18)4-8-25(24,16(30)10-27)17(31)11-28/h12-18,22,26-31H,3-11H2,1-2H3/t12-,13+,14?,15?,16?,17?,18-,22?,23-,24+,25?/m1/s1. The van der Waals surface area contributed by atoms with Gasteiger partial charge in [0.1, 0.15) is 12.2 Å². The highest BCUT2D eigenvalue weighted by atomic mass is 16.6. The molecule has 8 heteroatoms. The second-order valence-electron chi connectivity index (χ2n) is 11.6. The third kappa shape index (κ3) is 2.86. The molecule has 4 fully saturated rings. The average molecular weight is 467 g/mol. The fraction of sp³-hybridized carbons (Fsp3) is 0.880. The molecule has 0 amide bonds. The molecule has 5 aliphatic rings. The highest BCUT2D eigenvalue weighted by molar-refractivity contribution is 6.01. The molecule has 0 bridgehead atoms. The molecule has 6 N–H and O–H groups in total. The lowest BCUT2D eigenvalue weighted by Gasteiger charge is -2.60. The largest absolute Gasteiger partial charge is 0.394 e. The molecular weight excluding hydrogens is 428 g/mol. The van der Waals surface area contributed by atoms with Gasteiger partial charge in [-0.3, -0.25) is 4.79 Å². The van der Waals surface area contributed by atoms with Crippen LogP contribution in [0.1, 0.15) is 52.4 Å². The van der Waals surface area contributed by atoms with E-state index in [1.807, 2.05) is 6.92 Å². The van der Waals surface area contributed by atoms with E-state index in [2.05, 4.69) is 6.92 Å². The Morgan fingerprint density at radius 2 is 1.55 bits per heavy atom. The molecule has 4 aliphatic carbocycles. The molecule has 1 saturated heterocycles. The van der Waals surface area contributed by atoms with Crippen molar-refractivity contribution in [1.29, 1.82) is 0 Å². The van der Waals surface area contributed by atoms with Crippen LogP contribution in [0.15, 0.2) is 11.1 Å². The monoisotopic (exact) mass is 466 g/mol. The van der Waals surface area contributed by atoms with Crippen LogP contribution in [-0.4, -0.2) is 86.8 Å². The van der Waals surface area contributed by atoms with Gasteiger partial charge in [0.05, 0.1) is 38.1 Å². The molecule has 5 unspecified atom stereocenters. The van der Waals surface area contributed by atoms with Crippen LogP contribution in [-0.2, 0) is 9.53 Å². The molecule has 186 valence electrons. The summed E-state index contributed by atoms with van der Waals surface area (Å²) in [6, 6.07) is 0. The number of hydrogen-bond acceptors (Lipinski definition) is 8. The lowest BCUT2D eigenvalue weighted by atomic mass is 9.43. The van der Waals surface area contributed by atoms with E-state index >= 15 is 0 Å². The Labute approximate surface area is 194 Å². The second-order valence-corrected chi connectivity index (χ2v) is 11.6. The summed E-state index contributed by atoms with van der Waals surface area (Å²) in [7, 11) is 0. The van der Waals surface area contributed by atoms with Gasteiger partial charge >= 0.3 is 0 Å². The summed E-state index contributed by atoms with van der Waals surface area (Å²) in [6.45, 7) is 2.56. The number of fused-ring (bicyclic) bond motifs is 7. The summed E-state index contributed by atoms with van der Waals surface area (Å²) in [5.74, 6) is -0.689. The van der Waals surface area contributed by atoms with Gasteiger partial charge < -0.3 is 35.4 Å². The summed E-state index contributed by atoms with van der Waals surface area (Å²) >= 11 is 0. The van der Waals surface area contributed by atoms with Crippen molar-refractivity contribution in [2.75, 3.05) is 19.8 Å². The molecule has 3 saturated carbocycles. The molecule has 5 rings (SSSR count). The van der Waals surface area contributed by atoms with E-state index in [9.17, 15) is 35.4 Å². The number of hydrogen-bond donors (Lipinski definition) is 6. The third-order valence-electron chi connectivity index (χ3n) is 10.7. The zero-order valence-electron chi connectivity index (χ0n) is 19.5. The zero-order valence-corrected chi connectivity index (χ0v) is 19.5. The molecule has 0 radical (unpaired) electrons. The summed E-state index contributed by atoms with van der Waals surface area (Å²) in [6.07, 6.45) is 0.336. The average Bonchev–Trinajstić information content (AvgIpc) is 3.52. The third-order valence-corrected chi connectivity index (χ3v) is 10.7. The van der Waals surface area contributed by atoms with Crippen LogP contribution in [0.2, 0.25) is 0 Å². The fourth-order valence-electron chi connectivity index (χ4n) is 9.09. The van der Waals surface area contributed by atoms with E-state index in [1.54, 1.807) is 0 Å². The molecule has 1 heterocycles. The predicted molar refractivity (Wildman–Crippen MR) is 117 cm³/mol. The zero-order chi connectivity index (χ0) is 23.9. The fourth-order valence-corrected chi connectivity index (χ4v) is 9.09. The number of ketones is 1. The highest BCUT2D eigenvalue weighted by Crippen LogP contribution is 2.72. The first-order valence-corrected chi connectivity index (χ1v) is 12.4. The molecule has 1 aliphatic heterocycles. The first-order valence-electron chi connectivity index (χ1n) is 12.4. The van der Waals surface area contributed by atoms with Gasteiger partial charge in [0.15, 0.2) is 5.78 Å². The summed E-state index contributed by atoms with van der Waals surface area (Å²) in [4.78, 5) is 14.1. The number of aliphatic hydroxyl groups is 6. The van der Waals surface area contributed by atoms with E-state index in [4.69, 9.17) is 4.74 Å². The van der Waals surface area contributed by atoms with Crippen LogP contribution in [0.3, 0.4) is 0 Å². The van der Waals surface area contributed by atoms with Crippen molar-refractivity contribution < 1.29 is 40.2 Å². The Balaban J connectivity index is 1.63. The van der Waals surface area contributed by atoms with Crippen molar-refractivity contribution in [1.82, 2.24) is 0 Å². The Morgan fingerprint density at radius 3 is 2.15 bits per heavy atom. The van der Waals surface area contributed by atoms with E-state index in [0.29, 0.717) is 31.3 Å². The molecule has 33 heavy (non-hydrogen) atoms. The number of carbonyl (C=O) groups is 1. The first kappa shape index (κ1) is 23.9. The number of ether oxygens (including phenoxy) is 1. The Kier molecular flexibility index (Phi) is 5.65. The van der Waals surface area contributed by atoms with Gasteiger partial charge in [-0.05, 0) is 66.8 Å². The predicted octanol–water partition coefficient (Wildman–Crippen LogP) is -0.0783. The van der Waals surface area contributed by atoms with Crippen LogP contribution < -0.4 is 0 Å². The van der Waals surface area contributed by atoms with Crippen LogP contribution in [0.5, 0.6) is 0 Å². The van der Waals surface area contributed by atoms with Gasteiger partial charge in [0, 0.05) is 16.9 Å². The van der Waals surface area contributed by atoms with Crippen molar-refractivity contribution >= 4 is 5.78 Å². The quantitative estimate of drug-likeness (QED) is 0.298. The number of Topliss-reactive ketones (excluding diaryl/α,β-unsaturated/α-hetero) is 1. The Hall–Kier alpha value is -0.870. The van der Waals surface area contributed by atoms with E-state index in [0.717, 1.165) is 18.4 Å². The topological polar surface area (TPSA) is 151 Å². The number of epoxide rings is 1. The molecule has 0 aromatic heterocycles. The maximum absolute atomic E-state index is 14.1. The summed E-state index contributed by atoms with van der Waals surface area (Å²) < 4.78 is 5.87. The summed E-state index contributed by atoms with van der Waals surface area (Å²) in [5.41, 5.74) is -0.931. The SMILES string of the molecule is C[C@]12CCC3OC3C1=C(C(O)CO)C(=O)[C@@H]1[C@H]2CC[C@@]2(C)[C@H]1CCC2(C(O)CO)C(O)CO. The molecule has 0 aromatic carbocycles. The Morgan fingerprint density at radius 1 is 0.909 bits per heavy atom. The second kappa shape index (κ2) is 7.82. The van der Waals surface area contributed by atoms with Gasteiger partial charge in [-0.2, -0.15) is 0 Å². The van der Waals surface area contributed by atoms with Gasteiger partial charge in [-0.25, -0.2) is 0 Å². The lowest BCUT2D eigenvalue weighted by Crippen LogP contribution is -2.62. The number of rotatable bonds is 6. The number of aliphatic hydroxyl groups excluding tert-OH is 6. The van der Waals surface area contributed by atoms with E-state index in [1.165, 1.54) is 0 Å². The van der Waals surface area contributed by atoms with Crippen molar-refractivity contribution in [2.24, 2.45) is 34.0 Å². The minimum Gasteiger partial charge on any atom is -0.394 e. The maximum atomic E-state index is 14.1. The normalized spacial score (nSPS) is 49.0. The van der Waals surface area contributed by atoms with Crippen molar-refractivity contribution in [3.63, 3.8) is 0 Å². The minimum absolute atomic E-state index is 0.0474. The Bertz CT molecular complexity index is 845. The first-order chi connectivity index (χ1) is 15.6. The highest BCUT2D eigenvalue weighted by Gasteiger charge is 2.71. The number of carbonyl (C=O) groups excluding carboxylic acids is 1. The van der Waals surface area contributed by atoms with Gasteiger partial charge in [0.25, 0.3) is 0 Å². The van der Waals surface area contributed by atoms with Crippen molar-refractivity contribution in [3.05, 3.63) is 11.1 Å². The molecule has 8 nitrogen and oxygen atoms in total. The minimum atomic E-state index is -1.26. The van der Waals surface area contributed by atoms with Crippen LogP contribution in [0.25, 0.3) is 0 Å². The van der Waals surface area contributed by atoms with Crippen LogP contribution in [0.4, 0.5) is 0 Å². The van der Waals surface area contributed by atoms with Gasteiger partial charge in [0.2, 0.25) is 0 Å². The molecular formula is C25H38O8. The summed E-state index contributed by atoms with van der Waals surface area (Å²) in [5, 5.41) is 62.2. The van der Waals surface area contributed by atoms with Gasteiger partial charge in [-0.1, -0.05) is 13.8 Å². The van der Waals surface area contributed by atoms with Crippen molar-refractivity contribution in [3.8, 4) is 0 Å². The lowest BCUT2D eigenvalue weighted by molar-refractivity contribution is -0.187. The molecule has 0 aromatic rings. The van der Waals surface area contributed by atoms with E-state index in [-0.39, 0.29) is 35.2 Å². The van der Waals surface area contributed by atoms with Crippen LogP contribution >= 0.6 is 0 Å². The molecule has 0 spiro atoms. The van der Waals surface area contributed by atoms with E-state index < -0.39 is 54.9 Å². The van der Waals surface area contributed by atoms with Crippen LogP contribution in [0, 0.1) is 34.0 Å². The van der Waals surface area contributed by atoms with Gasteiger partial charge in [-0.15, -0.1) is 0 Å². The molecule has 10 atom stereocenters.